The van der Waals surface area contributed by atoms with Crippen LogP contribution in [0.1, 0.15) is 12.8 Å². The van der Waals surface area contributed by atoms with Crippen molar-refractivity contribution in [3.8, 4) is 11.5 Å². The molecule has 1 aromatic carbocycles. The molecule has 7 heteroatoms. The zero-order chi connectivity index (χ0) is 15.5. The van der Waals surface area contributed by atoms with E-state index in [-0.39, 0.29) is 11.8 Å². The van der Waals surface area contributed by atoms with E-state index >= 15 is 0 Å². The average Bonchev–Trinajstić information content (AvgIpc) is 2.40. The van der Waals surface area contributed by atoms with Gasteiger partial charge in [-0.05, 0) is 25.0 Å². The lowest BCUT2D eigenvalue weighted by molar-refractivity contribution is -0.147. The van der Waals surface area contributed by atoms with Gasteiger partial charge < -0.3 is 15.2 Å². The molecular weight excluding hydrogens is 285 g/mol. The monoisotopic (exact) mass is 304 g/mol. The Bertz CT molecular complexity index is 472. The van der Waals surface area contributed by atoms with E-state index in [9.17, 15) is 18.3 Å². The summed E-state index contributed by atoms with van der Waals surface area (Å²) in [5.74, 6) is 0.428. The number of hydrogen-bond acceptors (Lipinski definition) is 4. The summed E-state index contributed by atoms with van der Waals surface area (Å²) in [6.07, 6.45) is -2.85. The summed E-state index contributed by atoms with van der Waals surface area (Å²) in [5, 5.41) is 12.9. The van der Waals surface area contributed by atoms with E-state index in [4.69, 9.17) is 4.74 Å². The van der Waals surface area contributed by atoms with Gasteiger partial charge in [-0.15, -0.1) is 0 Å². The maximum atomic E-state index is 12.3. The van der Waals surface area contributed by atoms with Crippen molar-refractivity contribution >= 4 is 5.69 Å². The quantitative estimate of drug-likeness (QED) is 0.898. The Morgan fingerprint density at radius 1 is 1.33 bits per heavy atom. The highest BCUT2D eigenvalue weighted by atomic mass is 19.4. The Morgan fingerprint density at radius 2 is 2.00 bits per heavy atom. The lowest BCUT2D eigenvalue weighted by Gasteiger charge is -2.33. The zero-order valence-corrected chi connectivity index (χ0v) is 11.8. The lowest BCUT2D eigenvalue weighted by atomic mass is 10.0. The van der Waals surface area contributed by atoms with Crippen molar-refractivity contribution in [3.63, 3.8) is 0 Å². The summed E-state index contributed by atoms with van der Waals surface area (Å²) in [6, 6.07) is 5.10. The van der Waals surface area contributed by atoms with Crippen LogP contribution in [0.5, 0.6) is 11.5 Å². The molecule has 0 atom stereocenters. The van der Waals surface area contributed by atoms with E-state index in [1.54, 1.807) is 18.2 Å². The number of phenolic OH excluding ortho intramolecular Hbond substituents is 1. The molecule has 0 radical (unpaired) electrons. The fourth-order valence-corrected chi connectivity index (χ4v) is 2.50. The number of likely N-dealkylation sites (tertiary alicyclic amines) is 1. The number of ether oxygens (including phenoxy) is 1. The molecule has 0 saturated carbocycles. The van der Waals surface area contributed by atoms with E-state index in [2.05, 4.69) is 5.32 Å². The van der Waals surface area contributed by atoms with Crippen LogP contribution in [0.4, 0.5) is 18.9 Å². The maximum Gasteiger partial charge on any atom is 0.401 e. The SMILES string of the molecule is COc1ccc(NC2CCN(CC(F)(F)F)CC2)cc1O. The highest BCUT2D eigenvalue weighted by molar-refractivity contribution is 5.54. The van der Waals surface area contributed by atoms with Crippen molar-refractivity contribution in [2.75, 3.05) is 32.1 Å². The minimum absolute atomic E-state index is 0.0389. The van der Waals surface area contributed by atoms with Crippen LogP contribution in [0.2, 0.25) is 0 Å². The van der Waals surface area contributed by atoms with Gasteiger partial charge in [0.1, 0.15) is 0 Å². The topological polar surface area (TPSA) is 44.7 Å². The Labute approximate surface area is 121 Å². The number of nitrogens with zero attached hydrogens (tertiary/aromatic N) is 1. The predicted octanol–water partition coefficient (Wildman–Crippen LogP) is 2.84. The third kappa shape index (κ3) is 4.70. The first-order valence-electron chi connectivity index (χ1n) is 6.80. The van der Waals surface area contributed by atoms with Gasteiger partial charge >= 0.3 is 6.18 Å². The number of anilines is 1. The van der Waals surface area contributed by atoms with Crippen molar-refractivity contribution in [3.05, 3.63) is 18.2 Å². The second-order valence-electron chi connectivity index (χ2n) is 5.20. The number of nitrogens with one attached hydrogen (secondary N) is 1. The number of halogens is 3. The average molecular weight is 304 g/mol. The van der Waals surface area contributed by atoms with Gasteiger partial charge in [0.2, 0.25) is 0 Å². The van der Waals surface area contributed by atoms with Crippen LogP contribution in [0.15, 0.2) is 18.2 Å². The molecule has 1 heterocycles. The highest BCUT2D eigenvalue weighted by Crippen LogP contribution is 2.29. The molecule has 1 fully saturated rings. The zero-order valence-electron chi connectivity index (χ0n) is 11.8. The van der Waals surface area contributed by atoms with Crippen LogP contribution in [0.25, 0.3) is 0 Å². The summed E-state index contributed by atoms with van der Waals surface area (Å²) in [6.45, 7) is -0.0122. The molecule has 0 aromatic heterocycles. The molecular formula is C14H19F3N2O2. The standard InChI is InChI=1S/C14H19F3N2O2/c1-21-13-3-2-11(8-12(13)20)18-10-4-6-19(7-5-10)9-14(15,16)17/h2-3,8,10,18,20H,4-7,9H2,1H3. The van der Waals surface area contributed by atoms with Gasteiger partial charge in [0.05, 0.1) is 13.7 Å². The number of piperidine rings is 1. The van der Waals surface area contributed by atoms with Crippen LogP contribution in [0.3, 0.4) is 0 Å². The van der Waals surface area contributed by atoms with E-state index in [1.807, 2.05) is 0 Å². The number of benzene rings is 1. The molecule has 0 spiro atoms. The predicted molar refractivity (Wildman–Crippen MR) is 73.8 cm³/mol. The summed E-state index contributed by atoms with van der Waals surface area (Å²) >= 11 is 0. The normalized spacial score (nSPS) is 17.7. The van der Waals surface area contributed by atoms with Gasteiger partial charge in [-0.1, -0.05) is 0 Å². The van der Waals surface area contributed by atoms with Crippen molar-refractivity contribution in [2.45, 2.75) is 25.1 Å². The second kappa shape index (κ2) is 6.43. The second-order valence-corrected chi connectivity index (χ2v) is 5.20. The molecule has 21 heavy (non-hydrogen) atoms. The first-order chi connectivity index (χ1) is 9.87. The number of aromatic hydroxyl groups is 1. The van der Waals surface area contributed by atoms with Crippen molar-refractivity contribution in [1.29, 1.82) is 0 Å². The third-order valence-corrected chi connectivity index (χ3v) is 3.54. The van der Waals surface area contributed by atoms with Crippen LogP contribution in [0, 0.1) is 0 Å². The minimum atomic E-state index is -4.14. The van der Waals surface area contributed by atoms with E-state index in [0.717, 1.165) is 5.69 Å². The molecule has 2 rings (SSSR count). The van der Waals surface area contributed by atoms with Crippen molar-refractivity contribution < 1.29 is 23.0 Å². The van der Waals surface area contributed by atoms with Gasteiger partial charge in [-0.3, -0.25) is 4.90 Å². The van der Waals surface area contributed by atoms with Gasteiger partial charge in [-0.25, -0.2) is 0 Å². The molecule has 0 unspecified atom stereocenters. The van der Waals surface area contributed by atoms with E-state index in [1.165, 1.54) is 12.0 Å². The molecule has 118 valence electrons. The van der Waals surface area contributed by atoms with Crippen LogP contribution >= 0.6 is 0 Å². The number of phenols is 1. The van der Waals surface area contributed by atoms with Crippen LogP contribution in [-0.2, 0) is 0 Å². The Balaban J connectivity index is 1.85. The molecule has 2 N–H and O–H groups in total. The summed E-state index contributed by atoms with van der Waals surface area (Å²) in [4.78, 5) is 1.42. The molecule has 1 aliphatic rings. The van der Waals surface area contributed by atoms with Crippen LogP contribution < -0.4 is 10.1 Å². The lowest BCUT2D eigenvalue weighted by Crippen LogP contribution is -2.43. The summed E-state index contributed by atoms with van der Waals surface area (Å²) < 4.78 is 41.9. The Morgan fingerprint density at radius 3 is 2.52 bits per heavy atom. The Kier molecular flexibility index (Phi) is 4.82. The number of rotatable bonds is 4. The first-order valence-corrected chi connectivity index (χ1v) is 6.80. The van der Waals surface area contributed by atoms with Crippen molar-refractivity contribution in [2.24, 2.45) is 0 Å². The summed E-state index contributed by atoms with van der Waals surface area (Å²) in [5.41, 5.74) is 0.738. The number of methoxy groups -OCH3 is 1. The smallest absolute Gasteiger partial charge is 0.401 e. The molecule has 0 aliphatic carbocycles. The molecule has 1 aromatic rings. The van der Waals surface area contributed by atoms with Gasteiger partial charge in [-0.2, -0.15) is 13.2 Å². The fourth-order valence-electron chi connectivity index (χ4n) is 2.50. The molecule has 1 aliphatic heterocycles. The van der Waals surface area contributed by atoms with Gasteiger partial charge in [0.15, 0.2) is 11.5 Å². The Hall–Kier alpha value is -1.63. The summed E-state index contributed by atoms with van der Waals surface area (Å²) in [7, 11) is 1.47. The number of hydrogen-bond donors (Lipinski definition) is 2. The van der Waals surface area contributed by atoms with Gasteiger partial charge in [0, 0.05) is 30.9 Å². The first kappa shape index (κ1) is 15.8. The largest absolute Gasteiger partial charge is 0.504 e. The highest BCUT2D eigenvalue weighted by Gasteiger charge is 2.32. The van der Waals surface area contributed by atoms with Crippen LogP contribution in [-0.4, -0.2) is 49.0 Å². The third-order valence-electron chi connectivity index (χ3n) is 3.54. The fraction of sp³-hybridized carbons (Fsp3) is 0.571. The van der Waals surface area contributed by atoms with Gasteiger partial charge in [0.25, 0.3) is 0 Å². The minimum Gasteiger partial charge on any atom is -0.504 e. The maximum absolute atomic E-state index is 12.3. The van der Waals surface area contributed by atoms with E-state index in [0.29, 0.717) is 31.7 Å². The van der Waals surface area contributed by atoms with Crippen molar-refractivity contribution in [1.82, 2.24) is 4.90 Å². The number of alkyl halides is 3. The molecule has 0 bridgehead atoms. The molecule has 4 nitrogen and oxygen atoms in total. The molecule has 0 amide bonds. The molecule has 1 saturated heterocycles. The van der Waals surface area contributed by atoms with E-state index < -0.39 is 12.7 Å².